The Hall–Kier alpha value is -0.770. The van der Waals surface area contributed by atoms with Crippen LogP contribution < -0.4 is 0 Å². The van der Waals surface area contributed by atoms with Gasteiger partial charge in [-0.25, -0.2) is 0 Å². The second-order valence-electron chi connectivity index (χ2n) is 6.10. The van der Waals surface area contributed by atoms with Crippen LogP contribution in [0.4, 0.5) is 0 Å². The summed E-state index contributed by atoms with van der Waals surface area (Å²) in [6, 6.07) is 0. The van der Waals surface area contributed by atoms with Crippen LogP contribution in [-0.2, 0) is 19.0 Å². The van der Waals surface area contributed by atoms with Gasteiger partial charge < -0.3 is 34.6 Å². The average molecular weight is 322 g/mol. The van der Waals surface area contributed by atoms with Crippen molar-refractivity contribution in [3.05, 3.63) is 0 Å². The summed E-state index contributed by atoms with van der Waals surface area (Å²) >= 11 is 0. The van der Waals surface area contributed by atoms with Gasteiger partial charge >= 0.3 is 5.97 Å². The van der Waals surface area contributed by atoms with Crippen LogP contribution in [0.3, 0.4) is 0 Å². The van der Waals surface area contributed by atoms with Gasteiger partial charge in [-0.15, -0.1) is 0 Å². The molecule has 4 unspecified atom stereocenters. The molecule has 0 spiro atoms. The molecule has 1 aliphatic rings. The smallest absolute Gasteiger partial charge is 0.311 e. The number of aliphatic hydroxyl groups excluding tert-OH is 3. The van der Waals surface area contributed by atoms with Crippen LogP contribution in [0.2, 0.25) is 0 Å². The SMILES string of the molecule is CCC(C)(C)C(=O)OCCOC1OC(O)(CO)CC(O)C1O. The van der Waals surface area contributed by atoms with Crippen LogP contribution in [0.5, 0.6) is 0 Å². The Balaban J connectivity index is 2.42. The lowest BCUT2D eigenvalue weighted by molar-refractivity contribution is -0.365. The van der Waals surface area contributed by atoms with Gasteiger partial charge in [0.15, 0.2) is 12.1 Å². The van der Waals surface area contributed by atoms with Crippen molar-refractivity contribution in [1.29, 1.82) is 0 Å². The highest BCUT2D eigenvalue weighted by Gasteiger charge is 2.45. The highest BCUT2D eigenvalue weighted by Crippen LogP contribution is 2.28. The first-order valence-corrected chi connectivity index (χ1v) is 7.31. The monoisotopic (exact) mass is 322 g/mol. The van der Waals surface area contributed by atoms with Gasteiger partial charge in [-0.1, -0.05) is 6.92 Å². The highest BCUT2D eigenvalue weighted by molar-refractivity contribution is 5.75. The number of esters is 1. The summed E-state index contributed by atoms with van der Waals surface area (Å²) in [6.07, 6.45) is -3.68. The van der Waals surface area contributed by atoms with E-state index in [2.05, 4.69) is 0 Å². The third-order valence-electron chi connectivity index (χ3n) is 3.82. The molecule has 0 bridgehead atoms. The summed E-state index contributed by atoms with van der Waals surface area (Å²) in [4.78, 5) is 11.7. The zero-order valence-electron chi connectivity index (χ0n) is 13.2. The van der Waals surface area contributed by atoms with E-state index in [0.29, 0.717) is 6.42 Å². The zero-order chi connectivity index (χ0) is 17.0. The Bertz CT molecular complexity index is 372. The van der Waals surface area contributed by atoms with Gasteiger partial charge in [0.25, 0.3) is 0 Å². The van der Waals surface area contributed by atoms with E-state index in [0.717, 1.165) is 0 Å². The molecule has 1 fully saturated rings. The van der Waals surface area contributed by atoms with Gasteiger partial charge in [0.2, 0.25) is 0 Å². The van der Waals surface area contributed by atoms with E-state index < -0.39 is 36.3 Å². The van der Waals surface area contributed by atoms with E-state index in [4.69, 9.17) is 19.3 Å². The zero-order valence-corrected chi connectivity index (χ0v) is 13.2. The van der Waals surface area contributed by atoms with Gasteiger partial charge in [-0.3, -0.25) is 4.79 Å². The largest absolute Gasteiger partial charge is 0.463 e. The summed E-state index contributed by atoms with van der Waals surface area (Å²) in [5, 5.41) is 38.2. The molecule has 8 heteroatoms. The molecule has 8 nitrogen and oxygen atoms in total. The van der Waals surface area contributed by atoms with Crippen LogP contribution in [0.25, 0.3) is 0 Å². The number of aliphatic hydroxyl groups is 4. The molecule has 1 heterocycles. The second kappa shape index (κ2) is 7.67. The van der Waals surface area contributed by atoms with Crippen molar-refractivity contribution in [1.82, 2.24) is 0 Å². The van der Waals surface area contributed by atoms with Crippen molar-refractivity contribution in [2.75, 3.05) is 19.8 Å². The van der Waals surface area contributed by atoms with Crippen LogP contribution in [-0.4, -0.2) is 70.5 Å². The van der Waals surface area contributed by atoms with E-state index in [1.165, 1.54) is 0 Å². The van der Waals surface area contributed by atoms with Crippen LogP contribution >= 0.6 is 0 Å². The molecule has 0 radical (unpaired) electrons. The number of carbonyl (C=O) groups excluding carboxylic acids is 1. The average Bonchev–Trinajstić information content (AvgIpc) is 2.48. The van der Waals surface area contributed by atoms with Crippen molar-refractivity contribution in [3.8, 4) is 0 Å². The molecule has 0 aromatic carbocycles. The molecule has 0 aromatic heterocycles. The van der Waals surface area contributed by atoms with E-state index in [9.17, 15) is 20.1 Å². The molecule has 0 amide bonds. The normalized spacial score (nSPS) is 32.8. The molecular formula is C14H26O8. The highest BCUT2D eigenvalue weighted by atomic mass is 16.8. The number of ether oxygens (including phenoxy) is 3. The lowest BCUT2D eigenvalue weighted by Crippen LogP contribution is -2.57. The van der Waals surface area contributed by atoms with Gasteiger partial charge in [-0.2, -0.15) is 0 Å². The predicted molar refractivity (Wildman–Crippen MR) is 74.5 cm³/mol. The number of hydrogen-bond acceptors (Lipinski definition) is 8. The van der Waals surface area contributed by atoms with Crippen LogP contribution in [0.15, 0.2) is 0 Å². The van der Waals surface area contributed by atoms with Crippen LogP contribution in [0, 0.1) is 5.41 Å². The minimum atomic E-state index is -1.97. The van der Waals surface area contributed by atoms with Crippen molar-refractivity contribution >= 4 is 5.97 Å². The number of rotatable bonds is 7. The first kappa shape index (κ1) is 19.3. The van der Waals surface area contributed by atoms with Crippen molar-refractivity contribution in [2.24, 2.45) is 5.41 Å². The van der Waals surface area contributed by atoms with Crippen molar-refractivity contribution in [2.45, 2.75) is 57.9 Å². The maximum absolute atomic E-state index is 11.7. The molecule has 1 saturated heterocycles. The third kappa shape index (κ3) is 4.87. The summed E-state index contributed by atoms with van der Waals surface area (Å²) in [7, 11) is 0. The number of carbonyl (C=O) groups is 1. The molecule has 1 aliphatic heterocycles. The fraction of sp³-hybridized carbons (Fsp3) is 0.929. The van der Waals surface area contributed by atoms with Crippen molar-refractivity contribution < 1.29 is 39.4 Å². The summed E-state index contributed by atoms with van der Waals surface area (Å²) < 4.78 is 15.3. The quantitative estimate of drug-likeness (QED) is 0.352. The molecule has 0 aromatic rings. The fourth-order valence-corrected chi connectivity index (χ4v) is 1.84. The summed E-state index contributed by atoms with van der Waals surface area (Å²) in [6.45, 7) is 4.53. The summed E-state index contributed by atoms with van der Waals surface area (Å²) in [5.41, 5.74) is -0.589. The maximum atomic E-state index is 11.7. The number of hydrogen-bond donors (Lipinski definition) is 4. The van der Waals surface area contributed by atoms with Crippen molar-refractivity contribution in [3.63, 3.8) is 0 Å². The van der Waals surface area contributed by atoms with Gasteiger partial charge in [-0.05, 0) is 20.3 Å². The van der Waals surface area contributed by atoms with E-state index in [-0.39, 0.29) is 25.6 Å². The molecule has 130 valence electrons. The molecule has 4 N–H and O–H groups in total. The van der Waals surface area contributed by atoms with Gasteiger partial charge in [0, 0.05) is 6.42 Å². The molecule has 1 rings (SSSR count). The Labute approximate surface area is 129 Å². The maximum Gasteiger partial charge on any atom is 0.311 e. The molecule has 4 atom stereocenters. The van der Waals surface area contributed by atoms with E-state index >= 15 is 0 Å². The minimum Gasteiger partial charge on any atom is -0.463 e. The Morgan fingerprint density at radius 2 is 2.00 bits per heavy atom. The summed E-state index contributed by atoms with van der Waals surface area (Å²) in [5.74, 6) is -2.33. The molecule has 0 saturated carbocycles. The Kier molecular flexibility index (Phi) is 6.72. The topological polar surface area (TPSA) is 126 Å². The van der Waals surface area contributed by atoms with Gasteiger partial charge in [0.05, 0.1) is 24.7 Å². The first-order valence-electron chi connectivity index (χ1n) is 7.31. The van der Waals surface area contributed by atoms with Crippen LogP contribution in [0.1, 0.15) is 33.6 Å². The third-order valence-corrected chi connectivity index (χ3v) is 3.82. The second-order valence-corrected chi connectivity index (χ2v) is 6.10. The predicted octanol–water partition coefficient (Wildman–Crippen LogP) is -0.868. The lowest BCUT2D eigenvalue weighted by atomic mass is 9.91. The standard InChI is InChI=1S/C14H26O8/c1-4-13(2,3)12(18)21-6-5-20-11-10(17)9(16)7-14(19,8-15)22-11/h9-11,15-17,19H,4-8H2,1-3H3. The fourth-order valence-electron chi connectivity index (χ4n) is 1.84. The first-order chi connectivity index (χ1) is 10.1. The molecular weight excluding hydrogens is 296 g/mol. The van der Waals surface area contributed by atoms with E-state index in [1.54, 1.807) is 13.8 Å². The lowest BCUT2D eigenvalue weighted by Gasteiger charge is -2.41. The minimum absolute atomic E-state index is 0.0531. The molecule has 22 heavy (non-hydrogen) atoms. The Morgan fingerprint density at radius 1 is 1.36 bits per heavy atom. The molecule has 0 aliphatic carbocycles. The Morgan fingerprint density at radius 3 is 2.55 bits per heavy atom. The van der Waals surface area contributed by atoms with Gasteiger partial charge in [0.1, 0.15) is 12.7 Å². The van der Waals surface area contributed by atoms with E-state index in [1.807, 2.05) is 6.92 Å².